The SMILES string of the molecule is C=C(C)C(=O)OC(C)c1cc(O)c(O)c(I)c1OC. The standard InChI is InChI=1S/C13H15IO5/c1-6(2)13(17)19-7(3)8-5-9(15)11(16)10(14)12(8)18-4/h5,7,15-16H,1H2,2-4H3. The number of hydrogen-bond acceptors (Lipinski definition) is 5. The van der Waals surface area contributed by atoms with Gasteiger partial charge in [0.2, 0.25) is 0 Å². The Balaban J connectivity index is 3.19. The average molecular weight is 378 g/mol. The van der Waals surface area contributed by atoms with Gasteiger partial charge in [0, 0.05) is 11.1 Å². The van der Waals surface area contributed by atoms with Crippen molar-refractivity contribution in [2.45, 2.75) is 20.0 Å². The van der Waals surface area contributed by atoms with Gasteiger partial charge in [-0.15, -0.1) is 0 Å². The topological polar surface area (TPSA) is 76.0 Å². The molecule has 1 atom stereocenters. The van der Waals surface area contributed by atoms with Crippen LogP contribution in [0.2, 0.25) is 0 Å². The van der Waals surface area contributed by atoms with Gasteiger partial charge in [-0.2, -0.15) is 0 Å². The Kier molecular flexibility index (Phi) is 5.04. The summed E-state index contributed by atoms with van der Waals surface area (Å²) in [6.07, 6.45) is -0.640. The fraction of sp³-hybridized carbons (Fsp3) is 0.308. The number of esters is 1. The second kappa shape index (κ2) is 6.14. The molecular formula is C13H15IO5. The van der Waals surface area contributed by atoms with Crippen LogP contribution in [0.15, 0.2) is 18.2 Å². The first-order valence-electron chi connectivity index (χ1n) is 5.44. The van der Waals surface area contributed by atoms with Crippen molar-refractivity contribution < 1.29 is 24.5 Å². The summed E-state index contributed by atoms with van der Waals surface area (Å²) < 4.78 is 10.7. The van der Waals surface area contributed by atoms with Gasteiger partial charge in [0.1, 0.15) is 15.4 Å². The molecule has 0 radical (unpaired) electrons. The van der Waals surface area contributed by atoms with Crippen molar-refractivity contribution in [3.8, 4) is 17.2 Å². The first-order valence-corrected chi connectivity index (χ1v) is 6.52. The number of aromatic hydroxyl groups is 2. The molecule has 0 heterocycles. The van der Waals surface area contributed by atoms with Crippen molar-refractivity contribution in [2.24, 2.45) is 0 Å². The maximum absolute atomic E-state index is 11.5. The molecule has 19 heavy (non-hydrogen) atoms. The van der Waals surface area contributed by atoms with E-state index in [1.807, 2.05) is 22.6 Å². The normalized spacial score (nSPS) is 11.8. The summed E-state index contributed by atoms with van der Waals surface area (Å²) in [4.78, 5) is 11.5. The fourth-order valence-electron chi connectivity index (χ4n) is 1.46. The zero-order valence-corrected chi connectivity index (χ0v) is 13.0. The van der Waals surface area contributed by atoms with Crippen LogP contribution in [0.5, 0.6) is 17.2 Å². The maximum atomic E-state index is 11.5. The van der Waals surface area contributed by atoms with Crippen LogP contribution >= 0.6 is 22.6 Å². The lowest BCUT2D eigenvalue weighted by atomic mass is 10.1. The molecule has 0 saturated carbocycles. The minimum atomic E-state index is -0.640. The minimum Gasteiger partial charge on any atom is -0.504 e. The molecule has 0 saturated heterocycles. The molecule has 0 spiro atoms. The number of ether oxygens (including phenoxy) is 2. The quantitative estimate of drug-likeness (QED) is 0.365. The number of phenols is 2. The lowest BCUT2D eigenvalue weighted by molar-refractivity contribution is -0.143. The van der Waals surface area contributed by atoms with Crippen LogP contribution in [0, 0.1) is 3.57 Å². The first-order chi connectivity index (χ1) is 8.79. The van der Waals surface area contributed by atoms with Gasteiger partial charge in [0.25, 0.3) is 0 Å². The van der Waals surface area contributed by atoms with Crippen molar-refractivity contribution >= 4 is 28.6 Å². The average Bonchev–Trinajstić information content (AvgIpc) is 2.35. The van der Waals surface area contributed by atoms with Gasteiger partial charge in [-0.05, 0) is 42.5 Å². The van der Waals surface area contributed by atoms with Crippen molar-refractivity contribution in [3.05, 3.63) is 27.4 Å². The summed E-state index contributed by atoms with van der Waals surface area (Å²) in [6, 6.07) is 1.31. The third-order valence-corrected chi connectivity index (χ3v) is 3.48. The Bertz CT molecular complexity index is 524. The van der Waals surface area contributed by atoms with E-state index in [0.29, 0.717) is 14.9 Å². The van der Waals surface area contributed by atoms with Crippen LogP contribution in [0.3, 0.4) is 0 Å². The van der Waals surface area contributed by atoms with E-state index >= 15 is 0 Å². The first kappa shape index (κ1) is 15.6. The van der Waals surface area contributed by atoms with Crippen LogP contribution in [0.1, 0.15) is 25.5 Å². The molecule has 1 unspecified atom stereocenters. The molecule has 5 nitrogen and oxygen atoms in total. The molecule has 104 valence electrons. The highest BCUT2D eigenvalue weighted by Gasteiger charge is 2.22. The number of carbonyl (C=O) groups excluding carboxylic acids is 1. The summed E-state index contributed by atoms with van der Waals surface area (Å²) in [5.74, 6) is -0.729. The number of hydrogen-bond donors (Lipinski definition) is 2. The molecule has 0 bridgehead atoms. The van der Waals surface area contributed by atoms with E-state index in [9.17, 15) is 15.0 Å². The molecule has 1 rings (SSSR count). The van der Waals surface area contributed by atoms with Crippen LogP contribution in [0.4, 0.5) is 0 Å². The third kappa shape index (κ3) is 3.31. The van der Waals surface area contributed by atoms with Gasteiger partial charge in [0.15, 0.2) is 11.5 Å². The molecule has 0 aliphatic rings. The lowest BCUT2D eigenvalue weighted by Gasteiger charge is -2.18. The molecule has 0 amide bonds. The largest absolute Gasteiger partial charge is 0.504 e. The predicted molar refractivity (Wildman–Crippen MR) is 78.4 cm³/mol. The number of carbonyl (C=O) groups is 1. The fourth-order valence-corrected chi connectivity index (χ4v) is 2.27. The van der Waals surface area contributed by atoms with E-state index in [0.717, 1.165) is 0 Å². The van der Waals surface area contributed by atoms with Crippen LogP contribution < -0.4 is 4.74 Å². The Morgan fingerprint density at radius 2 is 2.05 bits per heavy atom. The zero-order chi connectivity index (χ0) is 14.7. The van der Waals surface area contributed by atoms with Crippen molar-refractivity contribution in [2.75, 3.05) is 7.11 Å². The third-order valence-electron chi connectivity index (χ3n) is 2.48. The van der Waals surface area contributed by atoms with E-state index in [4.69, 9.17) is 9.47 Å². The van der Waals surface area contributed by atoms with Gasteiger partial charge in [-0.3, -0.25) is 0 Å². The number of methoxy groups -OCH3 is 1. The highest BCUT2D eigenvalue weighted by atomic mass is 127. The summed E-state index contributed by atoms with van der Waals surface area (Å²) in [5, 5.41) is 19.3. The van der Waals surface area contributed by atoms with Crippen LogP contribution in [-0.4, -0.2) is 23.3 Å². The van der Waals surface area contributed by atoms with Crippen LogP contribution in [-0.2, 0) is 9.53 Å². The Morgan fingerprint density at radius 3 is 2.53 bits per heavy atom. The number of halogens is 1. The minimum absolute atomic E-state index is 0.264. The molecule has 0 aliphatic heterocycles. The highest BCUT2D eigenvalue weighted by molar-refractivity contribution is 14.1. The lowest BCUT2D eigenvalue weighted by Crippen LogP contribution is -2.10. The molecule has 0 fully saturated rings. The highest BCUT2D eigenvalue weighted by Crippen LogP contribution is 2.42. The van der Waals surface area contributed by atoms with Crippen molar-refractivity contribution in [1.82, 2.24) is 0 Å². The smallest absolute Gasteiger partial charge is 0.333 e. The monoisotopic (exact) mass is 378 g/mol. The van der Waals surface area contributed by atoms with E-state index in [1.54, 1.807) is 13.8 Å². The molecule has 0 aromatic heterocycles. The van der Waals surface area contributed by atoms with Crippen molar-refractivity contribution in [3.63, 3.8) is 0 Å². The maximum Gasteiger partial charge on any atom is 0.333 e. The summed E-state index contributed by atoms with van der Waals surface area (Å²) in [7, 11) is 1.44. The van der Waals surface area contributed by atoms with E-state index in [-0.39, 0.29) is 17.1 Å². The molecule has 1 aromatic rings. The van der Waals surface area contributed by atoms with Gasteiger partial charge in [-0.25, -0.2) is 4.79 Å². The van der Waals surface area contributed by atoms with Crippen molar-refractivity contribution in [1.29, 1.82) is 0 Å². The zero-order valence-electron chi connectivity index (χ0n) is 10.9. The molecule has 0 aliphatic carbocycles. The van der Waals surface area contributed by atoms with E-state index < -0.39 is 12.1 Å². The molecule has 2 N–H and O–H groups in total. The van der Waals surface area contributed by atoms with E-state index in [2.05, 4.69) is 6.58 Å². The van der Waals surface area contributed by atoms with Gasteiger partial charge in [-0.1, -0.05) is 6.58 Å². The predicted octanol–water partition coefficient (Wildman–Crippen LogP) is 2.89. The second-order valence-electron chi connectivity index (χ2n) is 4.01. The van der Waals surface area contributed by atoms with Crippen LogP contribution in [0.25, 0.3) is 0 Å². The van der Waals surface area contributed by atoms with Gasteiger partial charge >= 0.3 is 5.97 Å². The van der Waals surface area contributed by atoms with Gasteiger partial charge < -0.3 is 19.7 Å². The summed E-state index contributed by atoms with van der Waals surface area (Å²) in [5.41, 5.74) is 0.750. The number of benzene rings is 1. The summed E-state index contributed by atoms with van der Waals surface area (Å²) >= 11 is 1.84. The Morgan fingerprint density at radius 1 is 1.47 bits per heavy atom. The molecular weight excluding hydrogens is 363 g/mol. The number of phenolic OH excluding ortho intramolecular Hbond substituents is 2. The summed E-state index contributed by atoms with van der Waals surface area (Å²) in [6.45, 7) is 6.69. The second-order valence-corrected chi connectivity index (χ2v) is 5.09. The molecule has 6 heteroatoms. The number of rotatable bonds is 4. The Labute approximate surface area is 125 Å². The van der Waals surface area contributed by atoms with E-state index in [1.165, 1.54) is 13.2 Å². The Hall–Kier alpha value is -1.44. The molecule has 1 aromatic carbocycles. The van der Waals surface area contributed by atoms with Gasteiger partial charge in [0.05, 0.1) is 7.11 Å².